The lowest BCUT2D eigenvalue weighted by atomic mass is 10.1. The number of fused-ring (bicyclic) bond motifs is 1. The number of halogens is 1. The maximum Gasteiger partial charge on any atom is 0.227 e. The van der Waals surface area contributed by atoms with Crippen molar-refractivity contribution in [3.63, 3.8) is 0 Å². The Bertz CT molecular complexity index is 1010. The molecule has 0 saturated carbocycles. The second kappa shape index (κ2) is 6.89. The largest absolute Gasteiger partial charge is 0.495 e. The van der Waals surface area contributed by atoms with Gasteiger partial charge in [0.2, 0.25) is 5.91 Å². The summed E-state index contributed by atoms with van der Waals surface area (Å²) >= 11 is 6.16. The summed E-state index contributed by atoms with van der Waals surface area (Å²) in [5, 5.41) is 0.580. The number of nitrogens with zero attached hydrogens (tertiary/aromatic N) is 3. The summed E-state index contributed by atoms with van der Waals surface area (Å²) in [6.07, 6.45) is 0.422. The number of carbonyl (C=O) groups excluding carboxylic acids is 1. The van der Waals surface area contributed by atoms with Gasteiger partial charge < -0.3 is 14.2 Å². The number of carbonyl (C=O) groups is 1. The molecule has 1 fully saturated rings. The zero-order chi connectivity index (χ0) is 19.1. The van der Waals surface area contributed by atoms with Crippen molar-refractivity contribution < 1.29 is 9.53 Å². The SMILES string of the molecule is COc1ccc(Cl)cc1N1CC(c2nc3ccccc3n2C(C)C)CC1=O. The Kier molecular flexibility index (Phi) is 4.56. The van der Waals surface area contributed by atoms with Crippen LogP contribution in [0.3, 0.4) is 0 Å². The van der Waals surface area contributed by atoms with Gasteiger partial charge in [-0.3, -0.25) is 4.79 Å². The number of ether oxygens (including phenoxy) is 1. The van der Waals surface area contributed by atoms with Gasteiger partial charge in [0.25, 0.3) is 0 Å². The van der Waals surface area contributed by atoms with Crippen LogP contribution in [-0.2, 0) is 4.79 Å². The van der Waals surface area contributed by atoms with Gasteiger partial charge in [-0.2, -0.15) is 0 Å². The first kappa shape index (κ1) is 17.9. The number of anilines is 1. The van der Waals surface area contributed by atoms with Gasteiger partial charge in [-0.05, 0) is 44.2 Å². The van der Waals surface area contributed by atoms with Crippen LogP contribution in [0.15, 0.2) is 42.5 Å². The van der Waals surface area contributed by atoms with Crippen molar-refractivity contribution in [2.75, 3.05) is 18.6 Å². The van der Waals surface area contributed by atoms with E-state index in [2.05, 4.69) is 24.5 Å². The Labute approximate surface area is 163 Å². The van der Waals surface area contributed by atoms with Gasteiger partial charge in [0.15, 0.2) is 0 Å². The molecule has 1 aliphatic rings. The van der Waals surface area contributed by atoms with Crippen LogP contribution < -0.4 is 9.64 Å². The molecule has 27 heavy (non-hydrogen) atoms. The van der Waals surface area contributed by atoms with Crippen molar-refractivity contribution in [1.29, 1.82) is 0 Å². The fourth-order valence-electron chi connectivity index (χ4n) is 3.88. The molecule has 0 radical (unpaired) electrons. The molecule has 1 aromatic heterocycles. The van der Waals surface area contributed by atoms with Crippen molar-refractivity contribution in [1.82, 2.24) is 9.55 Å². The van der Waals surface area contributed by atoms with E-state index in [9.17, 15) is 4.79 Å². The smallest absolute Gasteiger partial charge is 0.227 e. The highest BCUT2D eigenvalue weighted by Crippen LogP contribution is 2.39. The highest BCUT2D eigenvalue weighted by atomic mass is 35.5. The zero-order valence-electron chi connectivity index (χ0n) is 15.6. The third kappa shape index (κ3) is 3.06. The number of rotatable bonds is 4. The molecule has 2 aromatic carbocycles. The van der Waals surface area contributed by atoms with Crippen LogP contribution in [0.1, 0.15) is 38.1 Å². The topological polar surface area (TPSA) is 47.4 Å². The monoisotopic (exact) mass is 383 g/mol. The zero-order valence-corrected chi connectivity index (χ0v) is 16.4. The number of aromatic nitrogens is 2. The van der Waals surface area contributed by atoms with Gasteiger partial charge in [0, 0.05) is 29.9 Å². The lowest BCUT2D eigenvalue weighted by Gasteiger charge is -2.20. The molecular formula is C21H22ClN3O2. The molecule has 1 saturated heterocycles. The van der Waals surface area contributed by atoms with E-state index < -0.39 is 0 Å². The van der Waals surface area contributed by atoms with Crippen molar-refractivity contribution in [2.24, 2.45) is 0 Å². The first-order valence-corrected chi connectivity index (χ1v) is 9.48. The number of benzene rings is 2. The Balaban J connectivity index is 1.74. The minimum Gasteiger partial charge on any atom is -0.495 e. The van der Waals surface area contributed by atoms with E-state index in [-0.39, 0.29) is 17.9 Å². The van der Waals surface area contributed by atoms with E-state index >= 15 is 0 Å². The molecule has 2 heterocycles. The minimum atomic E-state index is 0.0241. The van der Waals surface area contributed by atoms with Crippen LogP contribution in [0.4, 0.5) is 5.69 Å². The van der Waals surface area contributed by atoms with Crippen LogP contribution in [0.25, 0.3) is 11.0 Å². The summed E-state index contributed by atoms with van der Waals surface area (Å²) in [6.45, 7) is 4.85. The van der Waals surface area contributed by atoms with Crippen molar-refractivity contribution in [3.8, 4) is 5.75 Å². The third-order valence-electron chi connectivity index (χ3n) is 5.06. The van der Waals surface area contributed by atoms with Gasteiger partial charge in [-0.1, -0.05) is 23.7 Å². The van der Waals surface area contributed by atoms with Gasteiger partial charge >= 0.3 is 0 Å². The van der Waals surface area contributed by atoms with E-state index in [1.54, 1.807) is 30.2 Å². The second-order valence-corrected chi connectivity index (χ2v) is 7.58. The predicted octanol–water partition coefficient (Wildman–Crippen LogP) is 4.80. The van der Waals surface area contributed by atoms with E-state index in [0.717, 1.165) is 16.9 Å². The summed E-state index contributed by atoms with van der Waals surface area (Å²) in [7, 11) is 1.60. The molecule has 0 spiro atoms. The highest BCUT2D eigenvalue weighted by molar-refractivity contribution is 6.31. The van der Waals surface area contributed by atoms with Crippen LogP contribution in [0.5, 0.6) is 5.75 Å². The molecule has 0 aliphatic carbocycles. The summed E-state index contributed by atoms with van der Waals surface area (Å²) < 4.78 is 7.68. The number of amides is 1. The average molecular weight is 384 g/mol. The minimum absolute atomic E-state index is 0.0241. The number of hydrogen-bond acceptors (Lipinski definition) is 3. The van der Waals surface area contributed by atoms with Crippen LogP contribution in [0, 0.1) is 0 Å². The summed E-state index contributed by atoms with van der Waals surface area (Å²) in [6, 6.07) is 13.7. The van der Waals surface area contributed by atoms with E-state index in [0.29, 0.717) is 29.4 Å². The normalized spacial score (nSPS) is 17.3. The maximum atomic E-state index is 12.8. The Hall–Kier alpha value is -2.53. The number of hydrogen-bond donors (Lipinski definition) is 0. The summed E-state index contributed by atoms with van der Waals surface area (Å²) in [4.78, 5) is 19.5. The summed E-state index contributed by atoms with van der Waals surface area (Å²) in [5.41, 5.74) is 2.78. The number of imidazole rings is 1. The molecule has 3 aromatic rings. The molecule has 1 atom stereocenters. The summed E-state index contributed by atoms with van der Waals surface area (Å²) in [5.74, 6) is 1.69. The fourth-order valence-corrected chi connectivity index (χ4v) is 4.05. The lowest BCUT2D eigenvalue weighted by Crippen LogP contribution is -2.25. The highest BCUT2D eigenvalue weighted by Gasteiger charge is 2.36. The van der Waals surface area contributed by atoms with Gasteiger partial charge in [0.1, 0.15) is 11.6 Å². The average Bonchev–Trinajstić information content (AvgIpc) is 3.22. The van der Waals surface area contributed by atoms with Crippen molar-refractivity contribution >= 4 is 34.2 Å². The Morgan fingerprint density at radius 1 is 1.22 bits per heavy atom. The predicted molar refractivity (Wildman–Crippen MR) is 108 cm³/mol. The Morgan fingerprint density at radius 3 is 2.74 bits per heavy atom. The van der Waals surface area contributed by atoms with Crippen molar-refractivity contribution in [2.45, 2.75) is 32.2 Å². The first-order valence-electron chi connectivity index (χ1n) is 9.10. The molecule has 0 bridgehead atoms. The molecule has 1 unspecified atom stereocenters. The van der Waals surface area contributed by atoms with Gasteiger partial charge in [0.05, 0.1) is 23.8 Å². The van der Waals surface area contributed by atoms with E-state index in [4.69, 9.17) is 21.3 Å². The van der Waals surface area contributed by atoms with Gasteiger partial charge in [-0.25, -0.2) is 4.98 Å². The standard InChI is InChI=1S/C21H22ClN3O2/c1-13(2)25-17-7-5-4-6-16(17)23-21(25)14-10-20(26)24(12-14)18-11-15(22)8-9-19(18)27-3/h4-9,11,13-14H,10,12H2,1-3H3. The number of para-hydroxylation sites is 2. The van der Waals surface area contributed by atoms with Crippen LogP contribution >= 0.6 is 11.6 Å². The molecule has 1 aliphatic heterocycles. The molecule has 6 heteroatoms. The van der Waals surface area contributed by atoms with Crippen LogP contribution in [0.2, 0.25) is 5.02 Å². The molecule has 1 amide bonds. The molecule has 4 rings (SSSR count). The Morgan fingerprint density at radius 2 is 2.00 bits per heavy atom. The molecule has 140 valence electrons. The van der Waals surface area contributed by atoms with E-state index in [1.165, 1.54) is 0 Å². The maximum absolute atomic E-state index is 12.8. The molecule has 5 nitrogen and oxygen atoms in total. The fraction of sp³-hybridized carbons (Fsp3) is 0.333. The quantitative estimate of drug-likeness (QED) is 0.650. The molecular weight excluding hydrogens is 362 g/mol. The van der Waals surface area contributed by atoms with Crippen molar-refractivity contribution in [3.05, 3.63) is 53.3 Å². The van der Waals surface area contributed by atoms with Gasteiger partial charge in [-0.15, -0.1) is 0 Å². The lowest BCUT2D eigenvalue weighted by molar-refractivity contribution is -0.117. The van der Waals surface area contributed by atoms with Crippen LogP contribution in [-0.4, -0.2) is 29.1 Å². The molecule has 0 N–H and O–H groups in total. The van der Waals surface area contributed by atoms with E-state index in [1.807, 2.05) is 18.2 Å². The second-order valence-electron chi connectivity index (χ2n) is 7.14. The third-order valence-corrected chi connectivity index (χ3v) is 5.30. The number of methoxy groups -OCH3 is 1. The first-order chi connectivity index (χ1) is 13.0.